The Kier molecular flexibility index (Phi) is 4.86. The van der Waals surface area contributed by atoms with E-state index in [0.717, 1.165) is 24.6 Å². The van der Waals surface area contributed by atoms with Gasteiger partial charge < -0.3 is 5.32 Å². The average molecular weight is 413 g/mol. The van der Waals surface area contributed by atoms with Crippen LogP contribution in [0.15, 0.2) is 70.4 Å². The van der Waals surface area contributed by atoms with Crippen molar-refractivity contribution in [3.8, 4) is 0 Å². The highest BCUT2D eigenvalue weighted by Gasteiger charge is 2.21. The third-order valence-electron chi connectivity index (χ3n) is 5.96. The second kappa shape index (κ2) is 7.83. The van der Waals surface area contributed by atoms with Gasteiger partial charge in [-0.25, -0.2) is 9.67 Å². The lowest BCUT2D eigenvalue weighted by Crippen LogP contribution is -2.28. The van der Waals surface area contributed by atoms with E-state index in [1.807, 2.05) is 31.2 Å². The molecule has 0 radical (unpaired) electrons. The molecule has 2 unspecified atom stereocenters. The number of anilines is 1. The van der Waals surface area contributed by atoms with E-state index in [0.29, 0.717) is 17.0 Å². The first-order valence-corrected chi connectivity index (χ1v) is 10.5. The molecule has 0 saturated carbocycles. The van der Waals surface area contributed by atoms with Crippen molar-refractivity contribution in [1.29, 1.82) is 0 Å². The fraction of sp³-hybridized carbons (Fsp3) is 0.250. The van der Waals surface area contributed by atoms with Crippen LogP contribution >= 0.6 is 0 Å². The Morgan fingerprint density at radius 2 is 1.94 bits per heavy atom. The first kappa shape index (κ1) is 19.2. The fourth-order valence-corrected chi connectivity index (χ4v) is 4.33. The van der Waals surface area contributed by atoms with Crippen LogP contribution in [0.3, 0.4) is 0 Å². The average Bonchev–Trinajstić information content (AvgIpc) is 2.79. The SMILES string of the molecule is CC(c1cc(=O)[nH]c(NC2CCCc3ccccc32)n1)n1ncc2ccccc2c1=O. The number of hydrogen-bond acceptors (Lipinski definition) is 5. The van der Waals surface area contributed by atoms with Crippen LogP contribution in [-0.4, -0.2) is 19.7 Å². The van der Waals surface area contributed by atoms with E-state index in [9.17, 15) is 9.59 Å². The van der Waals surface area contributed by atoms with Crippen LogP contribution in [0.5, 0.6) is 0 Å². The predicted octanol–water partition coefficient (Wildman–Crippen LogP) is 3.58. The standard InChI is InChI=1S/C24H23N5O2/c1-15(29-23(31)19-11-5-3-8-17(19)14-25-29)21-13-22(30)28-24(27-21)26-20-12-6-9-16-7-2-4-10-18(16)20/h2-5,7-8,10-11,13-15,20H,6,9,12H2,1H3,(H2,26,27,28,30). The van der Waals surface area contributed by atoms with Gasteiger partial charge in [-0.2, -0.15) is 5.10 Å². The summed E-state index contributed by atoms with van der Waals surface area (Å²) in [4.78, 5) is 32.7. The first-order valence-electron chi connectivity index (χ1n) is 10.5. The molecule has 0 amide bonds. The van der Waals surface area contributed by atoms with Gasteiger partial charge in [-0.15, -0.1) is 0 Å². The van der Waals surface area contributed by atoms with Crippen LogP contribution in [0.25, 0.3) is 10.8 Å². The quantitative estimate of drug-likeness (QED) is 0.533. The summed E-state index contributed by atoms with van der Waals surface area (Å²) in [5.41, 5.74) is 2.58. The topological polar surface area (TPSA) is 92.7 Å². The number of aromatic amines is 1. The fourth-order valence-electron chi connectivity index (χ4n) is 4.33. The van der Waals surface area contributed by atoms with E-state index < -0.39 is 6.04 Å². The van der Waals surface area contributed by atoms with Crippen molar-refractivity contribution in [3.63, 3.8) is 0 Å². The Balaban J connectivity index is 1.49. The van der Waals surface area contributed by atoms with Crippen LogP contribution < -0.4 is 16.4 Å². The molecule has 31 heavy (non-hydrogen) atoms. The zero-order chi connectivity index (χ0) is 21.4. The highest BCUT2D eigenvalue weighted by molar-refractivity contribution is 5.80. The van der Waals surface area contributed by atoms with Crippen LogP contribution in [-0.2, 0) is 6.42 Å². The molecule has 2 aromatic carbocycles. The minimum atomic E-state index is -0.487. The van der Waals surface area contributed by atoms with Gasteiger partial charge in [0.1, 0.15) is 0 Å². The highest BCUT2D eigenvalue weighted by Crippen LogP contribution is 2.31. The van der Waals surface area contributed by atoms with Crippen molar-refractivity contribution in [2.75, 3.05) is 5.32 Å². The van der Waals surface area contributed by atoms with Gasteiger partial charge in [-0.1, -0.05) is 42.5 Å². The van der Waals surface area contributed by atoms with Gasteiger partial charge in [0.25, 0.3) is 11.1 Å². The maximum atomic E-state index is 12.9. The van der Waals surface area contributed by atoms with Gasteiger partial charge in [0.05, 0.1) is 29.4 Å². The van der Waals surface area contributed by atoms with Gasteiger partial charge in [-0.05, 0) is 43.4 Å². The maximum Gasteiger partial charge on any atom is 0.275 e. The molecule has 2 atom stereocenters. The number of aryl methyl sites for hydroxylation is 1. The molecule has 7 nitrogen and oxygen atoms in total. The number of hydrogen-bond donors (Lipinski definition) is 2. The molecular formula is C24H23N5O2. The van der Waals surface area contributed by atoms with E-state index in [-0.39, 0.29) is 17.2 Å². The number of H-pyrrole nitrogens is 1. The molecule has 1 aliphatic rings. The van der Waals surface area contributed by atoms with Crippen LogP contribution in [0.4, 0.5) is 5.95 Å². The van der Waals surface area contributed by atoms with E-state index in [1.54, 1.807) is 12.3 Å². The van der Waals surface area contributed by atoms with Crippen LogP contribution in [0.2, 0.25) is 0 Å². The number of benzene rings is 2. The summed E-state index contributed by atoms with van der Waals surface area (Å²) in [6.45, 7) is 1.82. The number of fused-ring (bicyclic) bond motifs is 2. The van der Waals surface area contributed by atoms with Crippen molar-refractivity contribution < 1.29 is 0 Å². The van der Waals surface area contributed by atoms with E-state index in [1.165, 1.54) is 21.9 Å². The normalized spacial score (nSPS) is 16.6. The van der Waals surface area contributed by atoms with Gasteiger partial charge >= 0.3 is 0 Å². The summed E-state index contributed by atoms with van der Waals surface area (Å²) in [7, 11) is 0. The molecule has 156 valence electrons. The summed E-state index contributed by atoms with van der Waals surface area (Å²) in [5.74, 6) is 0.407. The van der Waals surface area contributed by atoms with E-state index in [4.69, 9.17) is 0 Å². The molecule has 0 fully saturated rings. The molecule has 0 saturated heterocycles. The third-order valence-corrected chi connectivity index (χ3v) is 5.96. The lowest BCUT2D eigenvalue weighted by molar-refractivity contribution is 0.523. The number of nitrogens with one attached hydrogen (secondary N) is 2. The monoisotopic (exact) mass is 413 g/mol. The van der Waals surface area contributed by atoms with Gasteiger partial charge in [0, 0.05) is 11.5 Å². The molecule has 0 aliphatic heterocycles. The molecule has 7 heteroatoms. The Morgan fingerprint density at radius 1 is 1.13 bits per heavy atom. The number of aromatic nitrogens is 4. The van der Waals surface area contributed by atoms with Crippen molar-refractivity contribution in [2.24, 2.45) is 0 Å². The number of nitrogens with zero attached hydrogens (tertiary/aromatic N) is 3. The predicted molar refractivity (Wildman–Crippen MR) is 120 cm³/mol. The molecule has 5 rings (SSSR count). The lowest BCUT2D eigenvalue weighted by Gasteiger charge is -2.26. The minimum Gasteiger partial charge on any atom is -0.349 e. The summed E-state index contributed by atoms with van der Waals surface area (Å²) in [6.07, 6.45) is 4.77. The Labute approximate surface area is 178 Å². The van der Waals surface area contributed by atoms with Crippen molar-refractivity contribution in [2.45, 2.75) is 38.3 Å². The summed E-state index contributed by atoms with van der Waals surface area (Å²) < 4.78 is 1.38. The lowest BCUT2D eigenvalue weighted by atomic mass is 9.88. The van der Waals surface area contributed by atoms with Crippen LogP contribution in [0, 0.1) is 0 Å². The van der Waals surface area contributed by atoms with E-state index in [2.05, 4.69) is 38.6 Å². The second-order valence-corrected chi connectivity index (χ2v) is 7.96. The zero-order valence-electron chi connectivity index (χ0n) is 17.2. The molecule has 4 aromatic rings. The van der Waals surface area contributed by atoms with Crippen molar-refractivity contribution in [3.05, 3.63) is 98.3 Å². The highest BCUT2D eigenvalue weighted by atomic mass is 16.1. The number of rotatable bonds is 4. The summed E-state index contributed by atoms with van der Waals surface area (Å²) in [5, 5.41) is 9.09. The maximum absolute atomic E-state index is 12.9. The second-order valence-electron chi connectivity index (χ2n) is 7.96. The molecule has 0 bridgehead atoms. The molecule has 0 spiro atoms. The largest absolute Gasteiger partial charge is 0.349 e. The Hall–Kier alpha value is -3.74. The van der Waals surface area contributed by atoms with Crippen molar-refractivity contribution in [1.82, 2.24) is 19.7 Å². The minimum absolute atomic E-state index is 0.0835. The molecule has 1 aliphatic carbocycles. The Morgan fingerprint density at radius 3 is 2.84 bits per heavy atom. The van der Waals surface area contributed by atoms with E-state index >= 15 is 0 Å². The summed E-state index contributed by atoms with van der Waals surface area (Å²) in [6, 6.07) is 16.7. The first-order chi connectivity index (χ1) is 15.1. The smallest absolute Gasteiger partial charge is 0.275 e. The van der Waals surface area contributed by atoms with Gasteiger partial charge in [-0.3, -0.25) is 14.6 Å². The van der Waals surface area contributed by atoms with Gasteiger partial charge in [0.15, 0.2) is 0 Å². The molecule has 2 aromatic heterocycles. The Bertz CT molecular complexity index is 1370. The molecule has 2 heterocycles. The zero-order valence-corrected chi connectivity index (χ0v) is 17.2. The van der Waals surface area contributed by atoms with Crippen molar-refractivity contribution >= 4 is 16.7 Å². The van der Waals surface area contributed by atoms with Crippen LogP contribution in [0.1, 0.15) is 48.7 Å². The third kappa shape index (κ3) is 3.63. The molecule has 2 N–H and O–H groups in total. The summed E-state index contributed by atoms with van der Waals surface area (Å²) >= 11 is 0. The molecular weight excluding hydrogens is 390 g/mol. The van der Waals surface area contributed by atoms with Gasteiger partial charge in [0.2, 0.25) is 5.95 Å².